The molecule has 4 N–H and O–H groups in total. The van der Waals surface area contributed by atoms with Gasteiger partial charge in [-0.2, -0.15) is 5.26 Å². The molecule has 0 radical (unpaired) electrons. The van der Waals surface area contributed by atoms with E-state index in [4.69, 9.17) is 26.8 Å². The number of carbonyl (C=O) groups excluding carboxylic acids is 1. The lowest BCUT2D eigenvalue weighted by Gasteiger charge is -2.24. The Bertz CT molecular complexity index is 1260. The summed E-state index contributed by atoms with van der Waals surface area (Å²) in [6, 6.07) is 14.7. The number of ether oxygens (including phenoxy) is 2. The Morgan fingerprint density at radius 3 is 2.75 bits per heavy atom. The van der Waals surface area contributed by atoms with Crippen LogP contribution in [-0.2, 0) is 4.79 Å². The summed E-state index contributed by atoms with van der Waals surface area (Å²) in [4.78, 5) is 12.2. The molecule has 1 unspecified atom stereocenters. The molecular formula is C23H20ClN5O3. The number of benzene rings is 2. The second-order valence-corrected chi connectivity index (χ2v) is 7.79. The molecule has 0 fully saturated rings. The molecule has 9 heteroatoms. The number of allylic oxidation sites excluding steroid dienone is 1. The van der Waals surface area contributed by atoms with Gasteiger partial charge in [0.05, 0.1) is 10.9 Å². The van der Waals surface area contributed by atoms with Crippen LogP contribution in [0.2, 0.25) is 5.02 Å². The molecule has 8 nitrogen and oxygen atoms in total. The van der Waals surface area contributed by atoms with Crippen LogP contribution in [0.5, 0.6) is 11.6 Å². The molecule has 2 aromatic carbocycles. The van der Waals surface area contributed by atoms with Crippen LogP contribution in [0.4, 0.5) is 5.69 Å². The number of halogens is 1. The molecule has 1 amide bonds. The largest absolute Gasteiger partial charge is 0.482 e. The Labute approximate surface area is 189 Å². The summed E-state index contributed by atoms with van der Waals surface area (Å²) in [5.74, 6) is -0.117. The smallest absolute Gasteiger partial charge is 0.262 e. The Kier molecular flexibility index (Phi) is 5.75. The highest BCUT2D eigenvalue weighted by atomic mass is 35.5. The Morgan fingerprint density at radius 1 is 1.31 bits per heavy atom. The maximum absolute atomic E-state index is 12.2. The zero-order chi connectivity index (χ0) is 22.8. The van der Waals surface area contributed by atoms with Gasteiger partial charge in [-0.3, -0.25) is 9.89 Å². The first-order valence-electron chi connectivity index (χ1n) is 9.78. The lowest BCUT2D eigenvalue weighted by Crippen LogP contribution is -2.21. The fourth-order valence-corrected chi connectivity index (χ4v) is 3.77. The first kappa shape index (κ1) is 21.3. The van der Waals surface area contributed by atoms with Gasteiger partial charge in [0.25, 0.3) is 5.91 Å². The number of aromatic amines is 1. The number of rotatable bonds is 5. The lowest BCUT2D eigenvalue weighted by atomic mass is 9.84. The van der Waals surface area contributed by atoms with Crippen LogP contribution in [-0.4, -0.2) is 22.7 Å². The summed E-state index contributed by atoms with van der Waals surface area (Å²) in [6.45, 7) is 3.61. The van der Waals surface area contributed by atoms with Crippen molar-refractivity contribution in [3.8, 4) is 17.7 Å². The molecule has 0 bridgehead atoms. The standard InChI is InChI=1S/C23H20ClN5O3/c1-12-3-6-15(7-4-12)27-19(30)11-31-18-8-5-14(9-17(18)24)21-16(10-25)22(26)32-23-20(21)13(2)28-29-23/h3-9,21H,11,26H2,1-2H3,(H,27,30)(H,28,29). The zero-order valence-electron chi connectivity index (χ0n) is 17.4. The average Bonchev–Trinajstić information content (AvgIpc) is 3.13. The molecule has 0 spiro atoms. The molecule has 1 aromatic heterocycles. The molecule has 4 rings (SSSR count). The van der Waals surface area contributed by atoms with Gasteiger partial charge in [0.1, 0.15) is 17.4 Å². The van der Waals surface area contributed by atoms with Gasteiger partial charge in [0.2, 0.25) is 11.8 Å². The molecule has 0 saturated heterocycles. The number of aryl methyl sites for hydroxylation is 2. The number of aromatic nitrogens is 2. The van der Waals surface area contributed by atoms with Gasteiger partial charge < -0.3 is 20.5 Å². The summed E-state index contributed by atoms with van der Waals surface area (Å²) in [6.07, 6.45) is 0. The predicted molar refractivity (Wildman–Crippen MR) is 119 cm³/mol. The van der Waals surface area contributed by atoms with Crippen LogP contribution >= 0.6 is 11.6 Å². The number of fused-ring (bicyclic) bond motifs is 1. The third-order valence-corrected chi connectivity index (χ3v) is 5.41. The quantitative estimate of drug-likeness (QED) is 0.542. The maximum Gasteiger partial charge on any atom is 0.262 e. The van der Waals surface area contributed by atoms with E-state index in [1.165, 1.54) is 0 Å². The number of H-pyrrole nitrogens is 1. The van der Waals surface area contributed by atoms with Crippen LogP contribution in [0.25, 0.3) is 0 Å². The summed E-state index contributed by atoms with van der Waals surface area (Å²) < 4.78 is 11.1. The molecule has 0 saturated carbocycles. The van der Waals surface area contributed by atoms with Gasteiger partial charge in [-0.25, -0.2) is 0 Å². The van der Waals surface area contributed by atoms with Crippen molar-refractivity contribution in [3.05, 3.63) is 81.3 Å². The predicted octanol–water partition coefficient (Wildman–Crippen LogP) is 3.92. The normalized spacial score (nSPS) is 14.9. The number of nitrogens with two attached hydrogens (primary N) is 1. The molecule has 3 aromatic rings. The van der Waals surface area contributed by atoms with E-state index in [1.54, 1.807) is 18.2 Å². The van der Waals surface area contributed by atoms with Crippen LogP contribution in [0.3, 0.4) is 0 Å². The summed E-state index contributed by atoms with van der Waals surface area (Å²) in [5.41, 5.74) is 10.2. The van der Waals surface area contributed by atoms with Crippen LogP contribution in [0, 0.1) is 25.2 Å². The van der Waals surface area contributed by atoms with E-state index in [0.717, 1.165) is 22.4 Å². The van der Waals surface area contributed by atoms with Crippen LogP contribution < -0.4 is 20.5 Å². The van der Waals surface area contributed by atoms with Crippen molar-refractivity contribution in [1.29, 1.82) is 5.26 Å². The topological polar surface area (TPSA) is 126 Å². The van der Waals surface area contributed by atoms with Gasteiger partial charge in [0, 0.05) is 16.9 Å². The van der Waals surface area contributed by atoms with Gasteiger partial charge in [-0.05, 0) is 43.7 Å². The van der Waals surface area contributed by atoms with Crippen molar-refractivity contribution in [2.75, 3.05) is 11.9 Å². The number of nitrogens with one attached hydrogen (secondary N) is 2. The SMILES string of the molecule is Cc1ccc(NC(=O)COc2ccc(C3C(C#N)=C(N)Oc4n[nH]c(C)c43)cc2Cl)cc1. The third kappa shape index (κ3) is 4.11. The van der Waals surface area contributed by atoms with Gasteiger partial charge in [-0.1, -0.05) is 35.4 Å². The number of nitriles is 1. The minimum Gasteiger partial charge on any atom is -0.482 e. The average molecular weight is 450 g/mol. The highest BCUT2D eigenvalue weighted by Crippen LogP contribution is 2.43. The van der Waals surface area contributed by atoms with Gasteiger partial charge in [0.15, 0.2) is 6.61 Å². The van der Waals surface area contributed by atoms with Crippen molar-refractivity contribution in [1.82, 2.24) is 10.2 Å². The highest BCUT2D eigenvalue weighted by molar-refractivity contribution is 6.32. The molecule has 0 aliphatic carbocycles. The molecule has 32 heavy (non-hydrogen) atoms. The van der Waals surface area contributed by atoms with E-state index >= 15 is 0 Å². The molecule has 2 heterocycles. The molecular weight excluding hydrogens is 430 g/mol. The van der Waals surface area contributed by atoms with E-state index < -0.39 is 5.92 Å². The monoisotopic (exact) mass is 449 g/mol. The third-order valence-electron chi connectivity index (χ3n) is 5.11. The molecule has 1 atom stereocenters. The number of nitrogens with zero attached hydrogens (tertiary/aromatic N) is 2. The van der Waals surface area contributed by atoms with Crippen molar-refractivity contribution in [3.63, 3.8) is 0 Å². The Morgan fingerprint density at radius 2 is 2.06 bits per heavy atom. The van der Waals surface area contributed by atoms with Crippen molar-refractivity contribution < 1.29 is 14.3 Å². The number of amides is 1. The minimum absolute atomic E-state index is 0.000672. The van der Waals surface area contributed by atoms with Crippen LogP contribution in [0.1, 0.15) is 28.3 Å². The second-order valence-electron chi connectivity index (χ2n) is 7.38. The number of carbonyl (C=O) groups is 1. The second kappa shape index (κ2) is 8.65. The zero-order valence-corrected chi connectivity index (χ0v) is 18.2. The van der Waals surface area contributed by atoms with Crippen molar-refractivity contribution in [2.24, 2.45) is 5.73 Å². The molecule has 162 valence electrons. The Hall–Kier alpha value is -3.96. The first-order valence-corrected chi connectivity index (χ1v) is 10.2. The van der Waals surface area contributed by atoms with E-state index in [2.05, 4.69) is 21.6 Å². The summed E-state index contributed by atoms with van der Waals surface area (Å²) in [7, 11) is 0. The van der Waals surface area contributed by atoms with E-state index in [0.29, 0.717) is 22.3 Å². The fourth-order valence-electron chi connectivity index (χ4n) is 3.52. The van der Waals surface area contributed by atoms with E-state index in [9.17, 15) is 10.1 Å². The number of hydrogen-bond acceptors (Lipinski definition) is 6. The van der Waals surface area contributed by atoms with Gasteiger partial charge in [-0.15, -0.1) is 5.10 Å². The number of hydrogen-bond donors (Lipinski definition) is 3. The summed E-state index contributed by atoms with van der Waals surface area (Å²) >= 11 is 6.44. The lowest BCUT2D eigenvalue weighted by molar-refractivity contribution is -0.118. The van der Waals surface area contributed by atoms with E-state index in [1.807, 2.05) is 38.1 Å². The van der Waals surface area contributed by atoms with Gasteiger partial charge >= 0.3 is 0 Å². The maximum atomic E-state index is 12.2. The van der Waals surface area contributed by atoms with Crippen molar-refractivity contribution >= 4 is 23.2 Å². The minimum atomic E-state index is -0.487. The van der Waals surface area contributed by atoms with E-state index in [-0.39, 0.29) is 24.0 Å². The molecule has 1 aliphatic rings. The molecule has 1 aliphatic heterocycles. The summed E-state index contributed by atoms with van der Waals surface area (Å²) in [5, 5.41) is 19.7. The number of anilines is 1. The fraction of sp³-hybridized carbons (Fsp3) is 0.174. The first-order chi connectivity index (χ1) is 15.4. The highest BCUT2D eigenvalue weighted by Gasteiger charge is 2.34. The Balaban J connectivity index is 1.52. The van der Waals surface area contributed by atoms with Crippen LogP contribution in [0.15, 0.2) is 53.9 Å². The van der Waals surface area contributed by atoms with Crippen molar-refractivity contribution in [2.45, 2.75) is 19.8 Å².